The molecule has 1 aliphatic rings. The molecule has 0 atom stereocenters. The zero-order valence-electron chi connectivity index (χ0n) is 16.6. The standard InChI is InChI=1S/C21H22ClN5O3/c1-15-3-2-4-24-20(15)13-26-5-7-27(8-6-26)21(28)19-10-18(30-25-19)14-29-17-9-16(22)11-23-12-17/h2-4,9-12H,5-8,13-14H2,1H3. The third-order valence-corrected chi connectivity index (χ3v) is 5.20. The van der Waals surface area contributed by atoms with Crippen LogP contribution in [0.3, 0.4) is 0 Å². The number of rotatable bonds is 6. The number of carbonyl (C=O) groups excluding carboxylic acids is 1. The van der Waals surface area contributed by atoms with Crippen molar-refractivity contribution >= 4 is 17.5 Å². The van der Waals surface area contributed by atoms with Crippen LogP contribution in [0.5, 0.6) is 5.75 Å². The molecule has 0 saturated carbocycles. The van der Waals surface area contributed by atoms with Crippen molar-refractivity contribution in [3.8, 4) is 5.75 Å². The molecule has 9 heteroatoms. The molecule has 0 bridgehead atoms. The molecule has 1 fully saturated rings. The van der Waals surface area contributed by atoms with Gasteiger partial charge in [0.2, 0.25) is 0 Å². The Morgan fingerprint density at radius 3 is 2.83 bits per heavy atom. The van der Waals surface area contributed by atoms with E-state index in [1.165, 1.54) is 11.8 Å². The number of aryl methyl sites for hydroxylation is 1. The van der Waals surface area contributed by atoms with Crippen molar-refractivity contribution in [3.63, 3.8) is 0 Å². The van der Waals surface area contributed by atoms with Crippen LogP contribution in [0, 0.1) is 6.92 Å². The molecular weight excluding hydrogens is 406 g/mol. The predicted molar refractivity (Wildman–Crippen MR) is 110 cm³/mol. The van der Waals surface area contributed by atoms with Crippen molar-refractivity contribution in [3.05, 3.63) is 70.6 Å². The third kappa shape index (κ3) is 4.95. The summed E-state index contributed by atoms with van der Waals surface area (Å²) >= 11 is 5.89. The lowest BCUT2D eigenvalue weighted by atomic mass is 10.2. The van der Waals surface area contributed by atoms with E-state index in [1.807, 2.05) is 12.3 Å². The van der Waals surface area contributed by atoms with Gasteiger partial charge in [0.05, 0.1) is 16.9 Å². The van der Waals surface area contributed by atoms with Gasteiger partial charge in [0, 0.05) is 57.3 Å². The Balaban J connectivity index is 1.29. The van der Waals surface area contributed by atoms with Crippen molar-refractivity contribution in [1.82, 2.24) is 24.9 Å². The minimum atomic E-state index is -0.136. The van der Waals surface area contributed by atoms with Crippen LogP contribution in [-0.2, 0) is 13.2 Å². The fourth-order valence-corrected chi connectivity index (χ4v) is 3.44. The summed E-state index contributed by atoms with van der Waals surface area (Å²) in [6, 6.07) is 7.28. The van der Waals surface area contributed by atoms with Gasteiger partial charge in [0.25, 0.3) is 5.91 Å². The second-order valence-electron chi connectivity index (χ2n) is 7.14. The number of hydrogen-bond acceptors (Lipinski definition) is 7. The maximum Gasteiger partial charge on any atom is 0.276 e. The first kappa shape index (κ1) is 20.3. The molecular formula is C21H22ClN5O3. The number of pyridine rings is 2. The Kier molecular flexibility index (Phi) is 6.25. The van der Waals surface area contributed by atoms with Crippen molar-refractivity contribution < 1.29 is 14.1 Å². The summed E-state index contributed by atoms with van der Waals surface area (Å²) in [5.41, 5.74) is 2.54. The lowest BCUT2D eigenvalue weighted by Crippen LogP contribution is -2.48. The van der Waals surface area contributed by atoms with Crippen molar-refractivity contribution in [1.29, 1.82) is 0 Å². The van der Waals surface area contributed by atoms with E-state index in [9.17, 15) is 4.79 Å². The summed E-state index contributed by atoms with van der Waals surface area (Å²) in [6.07, 6.45) is 4.90. The van der Waals surface area contributed by atoms with Crippen LogP contribution in [0.4, 0.5) is 0 Å². The van der Waals surface area contributed by atoms with Crippen LogP contribution in [0.15, 0.2) is 47.4 Å². The van der Waals surface area contributed by atoms with Gasteiger partial charge in [-0.3, -0.25) is 19.7 Å². The van der Waals surface area contributed by atoms with Gasteiger partial charge in [0.1, 0.15) is 12.4 Å². The normalized spacial score (nSPS) is 14.7. The second-order valence-corrected chi connectivity index (χ2v) is 7.58. The number of aromatic nitrogens is 3. The summed E-state index contributed by atoms with van der Waals surface area (Å²) in [5.74, 6) is 0.844. The number of halogens is 1. The SMILES string of the molecule is Cc1cccnc1CN1CCN(C(=O)c2cc(COc3cncc(Cl)c3)on2)CC1. The Labute approximate surface area is 179 Å². The van der Waals surface area contributed by atoms with E-state index < -0.39 is 0 Å². The number of piperazine rings is 1. The molecule has 4 rings (SSSR count). The molecule has 8 nitrogen and oxygen atoms in total. The highest BCUT2D eigenvalue weighted by molar-refractivity contribution is 6.30. The zero-order chi connectivity index (χ0) is 20.9. The number of hydrogen-bond donors (Lipinski definition) is 0. The lowest BCUT2D eigenvalue weighted by molar-refractivity contribution is 0.0616. The molecule has 0 spiro atoms. The molecule has 0 aliphatic carbocycles. The Hall–Kier alpha value is -2.97. The van der Waals surface area contributed by atoms with Gasteiger partial charge in [-0.2, -0.15) is 0 Å². The molecule has 4 heterocycles. The van der Waals surface area contributed by atoms with Gasteiger partial charge in [-0.25, -0.2) is 0 Å². The van der Waals surface area contributed by atoms with Crippen LogP contribution in [-0.4, -0.2) is 57.0 Å². The molecule has 0 radical (unpaired) electrons. The van der Waals surface area contributed by atoms with Crippen molar-refractivity contribution in [2.45, 2.75) is 20.1 Å². The van der Waals surface area contributed by atoms with Crippen molar-refractivity contribution in [2.75, 3.05) is 26.2 Å². The quantitative estimate of drug-likeness (QED) is 0.597. The highest BCUT2D eigenvalue weighted by atomic mass is 35.5. The molecule has 1 amide bonds. The fourth-order valence-electron chi connectivity index (χ4n) is 3.27. The van der Waals surface area contributed by atoms with Gasteiger partial charge >= 0.3 is 0 Å². The lowest BCUT2D eigenvalue weighted by Gasteiger charge is -2.34. The summed E-state index contributed by atoms with van der Waals surface area (Å²) in [6.45, 7) is 5.85. The van der Waals surface area contributed by atoms with Crippen LogP contribution < -0.4 is 4.74 Å². The summed E-state index contributed by atoms with van der Waals surface area (Å²) in [5, 5.41) is 4.39. The molecule has 3 aromatic rings. The highest BCUT2D eigenvalue weighted by Gasteiger charge is 2.25. The third-order valence-electron chi connectivity index (χ3n) is 4.99. The maximum atomic E-state index is 12.8. The largest absolute Gasteiger partial charge is 0.484 e. The topological polar surface area (TPSA) is 84.6 Å². The van der Waals surface area contributed by atoms with E-state index in [1.54, 1.807) is 23.2 Å². The molecule has 1 saturated heterocycles. The minimum absolute atomic E-state index is 0.136. The molecule has 156 valence electrons. The van der Waals surface area contributed by atoms with Gasteiger partial charge in [-0.1, -0.05) is 22.8 Å². The van der Waals surface area contributed by atoms with E-state index in [0.29, 0.717) is 29.6 Å². The average molecular weight is 428 g/mol. The first-order chi connectivity index (χ1) is 14.6. The molecule has 0 unspecified atom stereocenters. The van der Waals surface area contributed by atoms with Gasteiger partial charge in [0.15, 0.2) is 11.5 Å². The van der Waals surface area contributed by atoms with Crippen LogP contribution in [0.1, 0.15) is 27.5 Å². The number of carbonyl (C=O) groups is 1. The fraction of sp³-hybridized carbons (Fsp3) is 0.333. The van der Waals surface area contributed by atoms with Gasteiger partial charge in [-0.05, 0) is 18.6 Å². The molecule has 1 aliphatic heterocycles. The molecule has 0 aromatic carbocycles. The number of nitrogens with zero attached hydrogens (tertiary/aromatic N) is 5. The average Bonchev–Trinajstić information content (AvgIpc) is 3.23. The van der Waals surface area contributed by atoms with E-state index in [2.05, 4.69) is 33.0 Å². The second kappa shape index (κ2) is 9.23. The number of amides is 1. The van der Waals surface area contributed by atoms with Crippen LogP contribution in [0.25, 0.3) is 0 Å². The first-order valence-electron chi connectivity index (χ1n) is 9.69. The van der Waals surface area contributed by atoms with Gasteiger partial charge < -0.3 is 14.2 Å². The van der Waals surface area contributed by atoms with E-state index in [0.717, 1.165) is 25.3 Å². The summed E-state index contributed by atoms with van der Waals surface area (Å²) in [7, 11) is 0. The molecule has 0 N–H and O–H groups in total. The predicted octanol–water partition coefficient (Wildman–Crippen LogP) is 2.96. The monoisotopic (exact) mass is 427 g/mol. The van der Waals surface area contributed by atoms with E-state index in [-0.39, 0.29) is 18.2 Å². The van der Waals surface area contributed by atoms with Crippen LogP contribution >= 0.6 is 11.6 Å². The van der Waals surface area contributed by atoms with E-state index in [4.69, 9.17) is 20.9 Å². The Morgan fingerprint density at radius 2 is 2.07 bits per heavy atom. The molecule has 30 heavy (non-hydrogen) atoms. The smallest absolute Gasteiger partial charge is 0.276 e. The molecule has 3 aromatic heterocycles. The van der Waals surface area contributed by atoms with Crippen LogP contribution in [0.2, 0.25) is 5.02 Å². The van der Waals surface area contributed by atoms with Crippen molar-refractivity contribution in [2.24, 2.45) is 0 Å². The first-order valence-corrected chi connectivity index (χ1v) is 10.1. The summed E-state index contributed by atoms with van der Waals surface area (Å²) in [4.78, 5) is 25.3. The number of ether oxygens (including phenoxy) is 1. The van der Waals surface area contributed by atoms with Gasteiger partial charge in [-0.15, -0.1) is 0 Å². The van der Waals surface area contributed by atoms with E-state index >= 15 is 0 Å². The highest BCUT2D eigenvalue weighted by Crippen LogP contribution is 2.18. The minimum Gasteiger partial charge on any atom is -0.484 e. The Morgan fingerprint density at radius 1 is 1.23 bits per heavy atom. The summed E-state index contributed by atoms with van der Waals surface area (Å²) < 4.78 is 10.8. The maximum absolute atomic E-state index is 12.8. The zero-order valence-corrected chi connectivity index (χ0v) is 17.4. The Bertz CT molecular complexity index is 1020.